The molecule has 0 N–H and O–H groups in total. The minimum absolute atomic E-state index is 0.136. The first-order chi connectivity index (χ1) is 28.1. The van der Waals surface area contributed by atoms with Gasteiger partial charge in [-0.05, 0) is 102 Å². The number of hydrogen-bond acceptors (Lipinski definition) is 1. The molecule has 0 saturated heterocycles. The minimum Gasteiger partial charge on any atom is -0.456 e. The molecule has 12 rings (SSSR count). The molecule has 0 aliphatic heterocycles. The molecule has 57 heavy (non-hydrogen) atoms. The molecule has 0 radical (unpaired) electrons. The van der Waals surface area contributed by atoms with E-state index in [1.165, 1.54) is 93.9 Å². The molecule has 2 heterocycles. The maximum Gasteiger partial charge on any atom is 0.136 e. The van der Waals surface area contributed by atoms with E-state index in [1.807, 2.05) is 6.07 Å². The second kappa shape index (κ2) is 11.9. The van der Waals surface area contributed by atoms with Gasteiger partial charge in [-0.2, -0.15) is 0 Å². The standard InChI is InChI=1S/C55H37NO/c1-55(2)46-24-12-10-21-42(46)53-45-33-36(31-32-47(45)56(54(53)55)37-15-4-3-5-16-37)34-27-29-35(30-28-34)50-38-17-6-8-19-40(38)51(41-20-9-7-18-39(41)50)44-23-14-26-49-52(44)43-22-11-13-25-48(43)57-49/h3-33H,1-2H3. The van der Waals surface area contributed by atoms with E-state index in [0.717, 1.165) is 21.9 Å². The van der Waals surface area contributed by atoms with Crippen LogP contribution < -0.4 is 0 Å². The first-order valence-electron chi connectivity index (χ1n) is 19.9. The zero-order valence-corrected chi connectivity index (χ0v) is 31.8. The Kier molecular flexibility index (Phi) is 6.72. The van der Waals surface area contributed by atoms with Crippen molar-refractivity contribution in [1.29, 1.82) is 0 Å². The van der Waals surface area contributed by atoms with Gasteiger partial charge in [0.15, 0.2) is 0 Å². The van der Waals surface area contributed by atoms with Gasteiger partial charge in [-0.1, -0.05) is 166 Å². The molecule has 1 aliphatic rings. The summed E-state index contributed by atoms with van der Waals surface area (Å²) in [5, 5.41) is 8.55. The molecular weight excluding hydrogens is 691 g/mol. The molecule has 9 aromatic carbocycles. The fraction of sp³-hybridized carbons (Fsp3) is 0.0545. The van der Waals surface area contributed by atoms with Crippen molar-refractivity contribution in [2.75, 3.05) is 0 Å². The number of aromatic nitrogens is 1. The summed E-state index contributed by atoms with van der Waals surface area (Å²) < 4.78 is 8.86. The summed E-state index contributed by atoms with van der Waals surface area (Å²) in [6.07, 6.45) is 0. The molecule has 0 bridgehead atoms. The Morgan fingerprint density at radius 2 is 0.965 bits per heavy atom. The van der Waals surface area contributed by atoms with Crippen LogP contribution in [-0.4, -0.2) is 4.57 Å². The number of benzene rings is 9. The van der Waals surface area contributed by atoms with Gasteiger partial charge < -0.3 is 8.98 Å². The predicted octanol–water partition coefficient (Wildman–Crippen LogP) is 15.1. The molecule has 11 aromatic rings. The lowest BCUT2D eigenvalue weighted by molar-refractivity contribution is 0.624. The van der Waals surface area contributed by atoms with E-state index in [1.54, 1.807) is 0 Å². The van der Waals surface area contributed by atoms with Gasteiger partial charge in [0, 0.05) is 38.5 Å². The van der Waals surface area contributed by atoms with Crippen LogP contribution in [0.2, 0.25) is 0 Å². The number of hydrogen-bond donors (Lipinski definition) is 0. The van der Waals surface area contributed by atoms with E-state index < -0.39 is 0 Å². The fourth-order valence-electron chi connectivity index (χ4n) is 10.1. The average molecular weight is 728 g/mol. The van der Waals surface area contributed by atoms with Crippen LogP contribution in [-0.2, 0) is 5.41 Å². The second-order valence-corrected chi connectivity index (χ2v) is 16.0. The SMILES string of the molecule is CC1(C)c2ccccc2-c2c1n(-c1ccccc1)c1ccc(-c3ccc(-c4c5ccccc5c(-c5cccc6oc7ccccc7c56)c5ccccc45)cc3)cc21. The summed E-state index contributed by atoms with van der Waals surface area (Å²) in [4.78, 5) is 0. The monoisotopic (exact) mass is 727 g/mol. The van der Waals surface area contributed by atoms with Crippen molar-refractivity contribution < 1.29 is 4.42 Å². The smallest absolute Gasteiger partial charge is 0.136 e. The Bertz CT molecular complexity index is 3360. The van der Waals surface area contributed by atoms with E-state index in [4.69, 9.17) is 4.42 Å². The van der Waals surface area contributed by atoms with E-state index in [2.05, 4.69) is 200 Å². The topological polar surface area (TPSA) is 18.1 Å². The lowest BCUT2D eigenvalue weighted by Gasteiger charge is -2.24. The highest BCUT2D eigenvalue weighted by atomic mass is 16.3. The maximum atomic E-state index is 6.37. The molecular formula is C55H37NO. The van der Waals surface area contributed by atoms with Crippen molar-refractivity contribution in [2.24, 2.45) is 0 Å². The Labute approximate surface area is 330 Å². The molecule has 2 aromatic heterocycles. The van der Waals surface area contributed by atoms with Crippen LogP contribution in [0.3, 0.4) is 0 Å². The van der Waals surface area contributed by atoms with Gasteiger partial charge in [-0.15, -0.1) is 0 Å². The zero-order chi connectivity index (χ0) is 37.8. The first kappa shape index (κ1) is 32.1. The van der Waals surface area contributed by atoms with Crippen molar-refractivity contribution in [1.82, 2.24) is 4.57 Å². The molecule has 2 heteroatoms. The maximum absolute atomic E-state index is 6.37. The van der Waals surface area contributed by atoms with Crippen LogP contribution in [0, 0.1) is 0 Å². The second-order valence-electron chi connectivity index (χ2n) is 16.0. The molecule has 2 nitrogen and oxygen atoms in total. The molecule has 0 spiro atoms. The van der Waals surface area contributed by atoms with Crippen LogP contribution in [0.4, 0.5) is 0 Å². The normalized spacial score (nSPS) is 13.2. The Balaban J connectivity index is 1.04. The lowest BCUT2D eigenvalue weighted by atomic mass is 9.84. The number of nitrogens with zero attached hydrogens (tertiary/aromatic N) is 1. The Morgan fingerprint density at radius 3 is 1.70 bits per heavy atom. The van der Waals surface area contributed by atoms with Gasteiger partial charge >= 0.3 is 0 Å². The summed E-state index contributed by atoms with van der Waals surface area (Å²) in [5.74, 6) is 0. The van der Waals surface area contributed by atoms with Gasteiger partial charge in [0.05, 0.1) is 5.52 Å². The zero-order valence-electron chi connectivity index (χ0n) is 31.8. The van der Waals surface area contributed by atoms with Crippen molar-refractivity contribution in [2.45, 2.75) is 19.3 Å². The van der Waals surface area contributed by atoms with Crippen LogP contribution in [0.5, 0.6) is 0 Å². The van der Waals surface area contributed by atoms with Crippen LogP contribution >= 0.6 is 0 Å². The largest absolute Gasteiger partial charge is 0.456 e. The van der Waals surface area contributed by atoms with Gasteiger partial charge in [-0.3, -0.25) is 0 Å². The molecule has 1 aliphatic carbocycles. The molecule has 268 valence electrons. The number of furan rings is 1. The Hall–Kier alpha value is -7.16. The highest BCUT2D eigenvalue weighted by Crippen LogP contribution is 2.54. The molecule has 0 saturated carbocycles. The van der Waals surface area contributed by atoms with E-state index >= 15 is 0 Å². The summed E-state index contributed by atoms with van der Waals surface area (Å²) >= 11 is 0. The number of para-hydroxylation sites is 2. The van der Waals surface area contributed by atoms with Crippen LogP contribution in [0.25, 0.3) is 105 Å². The molecule has 0 amide bonds. The third-order valence-corrected chi connectivity index (χ3v) is 12.6. The number of fused-ring (bicyclic) bond motifs is 10. The summed E-state index contributed by atoms with van der Waals surface area (Å²) in [5.41, 5.74) is 16.9. The van der Waals surface area contributed by atoms with Gasteiger partial charge in [-0.25, -0.2) is 0 Å². The summed E-state index contributed by atoms with van der Waals surface area (Å²) in [6, 6.07) is 68.7. The van der Waals surface area contributed by atoms with Gasteiger partial charge in [0.2, 0.25) is 0 Å². The predicted molar refractivity (Wildman–Crippen MR) is 239 cm³/mol. The van der Waals surface area contributed by atoms with Crippen LogP contribution in [0.15, 0.2) is 192 Å². The highest BCUT2D eigenvalue weighted by Gasteiger charge is 2.40. The van der Waals surface area contributed by atoms with Crippen LogP contribution in [0.1, 0.15) is 25.1 Å². The van der Waals surface area contributed by atoms with Gasteiger partial charge in [0.1, 0.15) is 11.2 Å². The van der Waals surface area contributed by atoms with Crippen molar-refractivity contribution in [3.05, 3.63) is 199 Å². The van der Waals surface area contributed by atoms with E-state index in [9.17, 15) is 0 Å². The van der Waals surface area contributed by atoms with Crippen molar-refractivity contribution in [3.8, 4) is 50.2 Å². The number of rotatable bonds is 4. The first-order valence-corrected chi connectivity index (χ1v) is 19.9. The Morgan fingerprint density at radius 1 is 0.404 bits per heavy atom. The van der Waals surface area contributed by atoms with E-state index in [0.29, 0.717) is 0 Å². The minimum atomic E-state index is -0.136. The summed E-state index contributed by atoms with van der Waals surface area (Å²) in [6.45, 7) is 4.74. The third-order valence-electron chi connectivity index (χ3n) is 12.6. The quantitative estimate of drug-likeness (QED) is 0.165. The lowest BCUT2D eigenvalue weighted by Crippen LogP contribution is -2.19. The summed E-state index contributed by atoms with van der Waals surface area (Å²) in [7, 11) is 0. The fourth-order valence-corrected chi connectivity index (χ4v) is 10.1. The molecule has 0 unspecified atom stereocenters. The third kappa shape index (κ3) is 4.53. The highest BCUT2D eigenvalue weighted by molar-refractivity contribution is 6.25. The average Bonchev–Trinajstić information content (AvgIpc) is 3.89. The van der Waals surface area contributed by atoms with E-state index in [-0.39, 0.29) is 5.41 Å². The van der Waals surface area contributed by atoms with Gasteiger partial charge in [0.25, 0.3) is 0 Å². The molecule has 0 fully saturated rings. The molecule has 0 atom stereocenters. The van der Waals surface area contributed by atoms with Crippen molar-refractivity contribution in [3.63, 3.8) is 0 Å². The van der Waals surface area contributed by atoms with Crippen molar-refractivity contribution >= 4 is 54.4 Å².